The summed E-state index contributed by atoms with van der Waals surface area (Å²) < 4.78 is 10.7. The van der Waals surface area contributed by atoms with Crippen molar-refractivity contribution in [3.63, 3.8) is 0 Å². The average molecular weight is 435 g/mol. The van der Waals surface area contributed by atoms with Crippen LogP contribution in [-0.4, -0.2) is 49.4 Å². The van der Waals surface area contributed by atoms with Crippen LogP contribution >= 0.6 is 0 Å². The molecule has 0 bridgehead atoms. The Balaban J connectivity index is 1.38. The summed E-state index contributed by atoms with van der Waals surface area (Å²) in [6.45, 7) is 4.90. The van der Waals surface area contributed by atoms with E-state index >= 15 is 0 Å². The maximum absolute atomic E-state index is 12.3. The molecule has 0 atom stereocenters. The van der Waals surface area contributed by atoms with Crippen molar-refractivity contribution < 1.29 is 14.3 Å². The second kappa shape index (κ2) is 9.97. The largest absolute Gasteiger partial charge is 0.495 e. The number of carbonyl (C=O) groups excluding carboxylic acids is 1. The first-order chi connectivity index (χ1) is 15.6. The molecule has 32 heavy (non-hydrogen) atoms. The average Bonchev–Trinajstić information content (AvgIpc) is 2.81. The fourth-order valence-corrected chi connectivity index (χ4v) is 3.39. The van der Waals surface area contributed by atoms with Crippen LogP contribution in [-0.2, 0) is 4.74 Å². The number of para-hydroxylation sites is 2. The molecule has 9 heteroatoms. The zero-order valence-corrected chi connectivity index (χ0v) is 18.1. The van der Waals surface area contributed by atoms with E-state index in [0.717, 1.165) is 24.6 Å². The van der Waals surface area contributed by atoms with Crippen LogP contribution in [0.15, 0.2) is 54.6 Å². The molecule has 1 aromatic heterocycles. The van der Waals surface area contributed by atoms with Crippen LogP contribution in [0.25, 0.3) is 0 Å². The molecule has 0 saturated carbocycles. The Labute approximate surface area is 186 Å². The van der Waals surface area contributed by atoms with Gasteiger partial charge in [0.15, 0.2) is 0 Å². The highest BCUT2D eigenvalue weighted by atomic mass is 16.5. The van der Waals surface area contributed by atoms with Gasteiger partial charge in [0.25, 0.3) is 0 Å². The van der Waals surface area contributed by atoms with E-state index in [9.17, 15) is 4.79 Å². The summed E-state index contributed by atoms with van der Waals surface area (Å²) in [5.74, 6) is 2.89. The van der Waals surface area contributed by atoms with E-state index in [0.29, 0.717) is 42.0 Å². The number of anilines is 5. The van der Waals surface area contributed by atoms with Gasteiger partial charge in [-0.3, -0.25) is 0 Å². The van der Waals surface area contributed by atoms with Crippen molar-refractivity contribution in [1.82, 2.24) is 9.97 Å². The molecular weight excluding hydrogens is 408 g/mol. The minimum absolute atomic E-state index is 0.350. The number of aromatic nitrogens is 2. The lowest BCUT2D eigenvalue weighted by atomic mass is 10.2. The van der Waals surface area contributed by atoms with E-state index < -0.39 is 0 Å². The van der Waals surface area contributed by atoms with Crippen molar-refractivity contribution >= 4 is 34.7 Å². The van der Waals surface area contributed by atoms with E-state index in [2.05, 4.69) is 30.8 Å². The van der Waals surface area contributed by atoms with E-state index in [-0.39, 0.29) is 6.03 Å². The summed E-state index contributed by atoms with van der Waals surface area (Å²) in [6.07, 6.45) is 0. The second-order valence-electron chi connectivity index (χ2n) is 7.24. The highest BCUT2D eigenvalue weighted by Crippen LogP contribution is 2.24. The van der Waals surface area contributed by atoms with E-state index in [1.807, 2.05) is 49.4 Å². The second-order valence-corrected chi connectivity index (χ2v) is 7.24. The van der Waals surface area contributed by atoms with Gasteiger partial charge in [-0.1, -0.05) is 12.1 Å². The van der Waals surface area contributed by atoms with Crippen molar-refractivity contribution in [3.05, 3.63) is 60.4 Å². The standard InChI is InChI=1S/C23H26N6O3/c1-16-24-21(15-22(25-16)29-11-13-32-14-12-29)26-17-7-9-18(10-8-17)27-23(30)28-19-5-3-4-6-20(19)31-2/h3-10,15H,11-14H2,1-2H3,(H,24,25,26)(H2,27,28,30). The first-order valence-electron chi connectivity index (χ1n) is 10.4. The molecule has 1 aliphatic rings. The van der Waals surface area contributed by atoms with Crippen molar-refractivity contribution in [2.45, 2.75) is 6.92 Å². The van der Waals surface area contributed by atoms with Gasteiger partial charge >= 0.3 is 6.03 Å². The highest BCUT2D eigenvalue weighted by Gasteiger charge is 2.14. The number of ether oxygens (including phenoxy) is 2. The Morgan fingerprint density at radius 2 is 1.72 bits per heavy atom. The Morgan fingerprint density at radius 1 is 1.00 bits per heavy atom. The van der Waals surface area contributed by atoms with Gasteiger partial charge in [-0.05, 0) is 43.3 Å². The Kier molecular flexibility index (Phi) is 6.66. The molecular formula is C23H26N6O3. The molecule has 3 aromatic rings. The lowest BCUT2D eigenvalue weighted by Gasteiger charge is -2.28. The van der Waals surface area contributed by atoms with Crippen molar-refractivity contribution in [2.75, 3.05) is 54.3 Å². The normalized spacial score (nSPS) is 13.4. The molecule has 0 radical (unpaired) electrons. The third-order valence-electron chi connectivity index (χ3n) is 4.93. The fourth-order valence-electron chi connectivity index (χ4n) is 3.39. The fraction of sp³-hybridized carbons (Fsp3) is 0.261. The number of morpholine rings is 1. The van der Waals surface area contributed by atoms with Gasteiger partial charge in [0.05, 0.1) is 26.0 Å². The van der Waals surface area contributed by atoms with Crippen LogP contribution in [0.4, 0.5) is 33.5 Å². The SMILES string of the molecule is COc1ccccc1NC(=O)Nc1ccc(Nc2cc(N3CCOCC3)nc(C)n2)cc1. The van der Waals surface area contributed by atoms with Crippen molar-refractivity contribution in [3.8, 4) is 5.75 Å². The number of nitrogens with one attached hydrogen (secondary N) is 3. The minimum atomic E-state index is -0.350. The van der Waals surface area contributed by atoms with Gasteiger partial charge in [-0.2, -0.15) is 0 Å². The summed E-state index contributed by atoms with van der Waals surface area (Å²) in [4.78, 5) is 23.6. The summed E-state index contributed by atoms with van der Waals surface area (Å²) >= 11 is 0. The van der Waals surface area contributed by atoms with Crippen molar-refractivity contribution in [1.29, 1.82) is 0 Å². The minimum Gasteiger partial charge on any atom is -0.495 e. The number of nitrogens with zero attached hydrogens (tertiary/aromatic N) is 3. The number of methoxy groups -OCH3 is 1. The van der Waals surface area contributed by atoms with E-state index in [1.54, 1.807) is 19.2 Å². The molecule has 9 nitrogen and oxygen atoms in total. The van der Waals surface area contributed by atoms with Crippen molar-refractivity contribution in [2.24, 2.45) is 0 Å². The molecule has 2 aromatic carbocycles. The van der Waals surface area contributed by atoms with E-state index in [1.165, 1.54) is 0 Å². The molecule has 2 heterocycles. The maximum Gasteiger partial charge on any atom is 0.323 e. The van der Waals surface area contributed by atoms with Gasteiger partial charge in [-0.15, -0.1) is 0 Å². The summed E-state index contributed by atoms with van der Waals surface area (Å²) in [5.41, 5.74) is 2.11. The Bertz CT molecular complexity index is 1070. The zero-order chi connectivity index (χ0) is 22.3. The Hall–Kier alpha value is -3.85. The summed E-state index contributed by atoms with van der Waals surface area (Å²) in [6, 6.07) is 16.2. The van der Waals surface area contributed by atoms with Gasteiger partial charge in [0, 0.05) is 30.5 Å². The van der Waals surface area contributed by atoms with Crippen LogP contribution in [0.1, 0.15) is 5.82 Å². The van der Waals surface area contributed by atoms with Crippen LogP contribution in [0.3, 0.4) is 0 Å². The van der Waals surface area contributed by atoms with Gasteiger partial charge < -0.3 is 30.3 Å². The highest BCUT2D eigenvalue weighted by molar-refractivity contribution is 6.00. The first-order valence-corrected chi connectivity index (χ1v) is 10.4. The molecule has 2 amide bonds. The molecule has 1 fully saturated rings. The number of carbonyl (C=O) groups is 1. The quantitative estimate of drug-likeness (QED) is 0.539. The molecule has 0 spiro atoms. The van der Waals surface area contributed by atoms with E-state index in [4.69, 9.17) is 9.47 Å². The predicted molar refractivity (Wildman–Crippen MR) is 125 cm³/mol. The van der Waals surface area contributed by atoms with Gasteiger partial charge in [0.2, 0.25) is 0 Å². The first kappa shape index (κ1) is 21.4. The number of amides is 2. The monoisotopic (exact) mass is 434 g/mol. The number of benzene rings is 2. The number of urea groups is 1. The Morgan fingerprint density at radius 3 is 2.47 bits per heavy atom. The third-order valence-corrected chi connectivity index (χ3v) is 4.93. The molecule has 0 aliphatic carbocycles. The summed E-state index contributed by atoms with van der Waals surface area (Å²) in [5, 5.41) is 8.91. The van der Waals surface area contributed by atoms with Crippen LogP contribution in [0.5, 0.6) is 5.75 Å². The van der Waals surface area contributed by atoms with Gasteiger partial charge in [0.1, 0.15) is 23.2 Å². The molecule has 4 rings (SSSR count). The van der Waals surface area contributed by atoms with Crippen LogP contribution in [0, 0.1) is 6.92 Å². The zero-order valence-electron chi connectivity index (χ0n) is 18.1. The smallest absolute Gasteiger partial charge is 0.323 e. The molecule has 166 valence electrons. The number of hydrogen-bond donors (Lipinski definition) is 3. The maximum atomic E-state index is 12.3. The lowest BCUT2D eigenvalue weighted by Crippen LogP contribution is -2.36. The molecule has 0 unspecified atom stereocenters. The number of rotatable bonds is 6. The topological polar surface area (TPSA) is 101 Å². The predicted octanol–water partition coefficient (Wildman–Crippen LogP) is 4.02. The van der Waals surface area contributed by atoms with Gasteiger partial charge in [-0.25, -0.2) is 14.8 Å². The molecule has 1 aliphatic heterocycles. The molecule has 3 N–H and O–H groups in total. The number of hydrogen-bond acceptors (Lipinski definition) is 7. The van der Waals surface area contributed by atoms with Crippen LogP contribution < -0.4 is 25.6 Å². The number of aryl methyl sites for hydroxylation is 1. The lowest BCUT2D eigenvalue weighted by molar-refractivity contribution is 0.122. The third kappa shape index (κ3) is 5.44. The summed E-state index contributed by atoms with van der Waals surface area (Å²) in [7, 11) is 1.56. The van der Waals surface area contributed by atoms with Crippen LogP contribution in [0.2, 0.25) is 0 Å². The molecule has 1 saturated heterocycles.